The standard InChI is InChI=1S/C15H22ClN3O2/c1-21-10-7-17-11-12-13(16)3-2-4-14(12)19-8-5-15(20)18-6-9-19/h2-4,17H,5-11H2,1H3,(H,18,20). The Bertz CT molecular complexity index is 482. The molecule has 1 fully saturated rings. The minimum atomic E-state index is 0.110. The number of anilines is 1. The van der Waals surface area contributed by atoms with Gasteiger partial charge in [-0.2, -0.15) is 0 Å². The number of nitrogens with one attached hydrogen (secondary N) is 2. The Balaban J connectivity index is 2.10. The number of nitrogens with zero attached hydrogens (tertiary/aromatic N) is 1. The fourth-order valence-electron chi connectivity index (χ4n) is 2.41. The SMILES string of the molecule is COCCNCc1c(Cl)cccc1N1CCNC(=O)CC1. The van der Waals surface area contributed by atoms with E-state index in [1.165, 1.54) is 0 Å². The molecule has 21 heavy (non-hydrogen) atoms. The van der Waals surface area contributed by atoms with E-state index in [0.717, 1.165) is 35.9 Å². The predicted molar refractivity (Wildman–Crippen MR) is 84.9 cm³/mol. The van der Waals surface area contributed by atoms with Crippen molar-refractivity contribution in [2.75, 3.05) is 44.8 Å². The fraction of sp³-hybridized carbons (Fsp3) is 0.533. The average Bonchev–Trinajstić information content (AvgIpc) is 2.69. The van der Waals surface area contributed by atoms with E-state index in [1.807, 2.05) is 12.1 Å². The molecule has 0 spiro atoms. The summed E-state index contributed by atoms with van der Waals surface area (Å²) < 4.78 is 5.03. The van der Waals surface area contributed by atoms with Crippen LogP contribution in [0.25, 0.3) is 0 Å². The van der Waals surface area contributed by atoms with Gasteiger partial charge < -0.3 is 20.3 Å². The van der Waals surface area contributed by atoms with Gasteiger partial charge in [-0.3, -0.25) is 4.79 Å². The molecule has 0 unspecified atom stereocenters. The highest BCUT2D eigenvalue weighted by molar-refractivity contribution is 6.31. The molecular weight excluding hydrogens is 290 g/mol. The summed E-state index contributed by atoms with van der Waals surface area (Å²) in [4.78, 5) is 13.7. The van der Waals surface area contributed by atoms with Crippen molar-refractivity contribution >= 4 is 23.2 Å². The molecule has 0 aromatic heterocycles. The van der Waals surface area contributed by atoms with E-state index in [-0.39, 0.29) is 5.91 Å². The molecule has 1 aromatic rings. The number of amides is 1. The number of halogens is 1. The van der Waals surface area contributed by atoms with Crippen molar-refractivity contribution in [3.05, 3.63) is 28.8 Å². The Kier molecular flexibility index (Phi) is 6.29. The Hall–Kier alpha value is -1.30. The van der Waals surface area contributed by atoms with E-state index >= 15 is 0 Å². The number of carbonyl (C=O) groups is 1. The summed E-state index contributed by atoms with van der Waals surface area (Å²) in [6, 6.07) is 5.92. The topological polar surface area (TPSA) is 53.6 Å². The van der Waals surface area contributed by atoms with Crippen LogP contribution in [0.4, 0.5) is 5.69 Å². The maximum Gasteiger partial charge on any atom is 0.221 e. The number of hydrogen-bond donors (Lipinski definition) is 2. The van der Waals surface area contributed by atoms with Crippen LogP contribution in [0, 0.1) is 0 Å². The zero-order valence-corrected chi connectivity index (χ0v) is 13.1. The Morgan fingerprint density at radius 3 is 3.10 bits per heavy atom. The molecule has 1 aromatic carbocycles. The van der Waals surface area contributed by atoms with Gasteiger partial charge in [0.25, 0.3) is 0 Å². The quantitative estimate of drug-likeness (QED) is 0.780. The lowest BCUT2D eigenvalue weighted by Gasteiger charge is -2.25. The maximum atomic E-state index is 11.5. The summed E-state index contributed by atoms with van der Waals surface area (Å²) in [6.45, 7) is 4.33. The van der Waals surface area contributed by atoms with Gasteiger partial charge in [-0.05, 0) is 12.1 Å². The number of rotatable bonds is 6. The van der Waals surface area contributed by atoms with E-state index in [2.05, 4.69) is 21.6 Å². The molecule has 116 valence electrons. The summed E-state index contributed by atoms with van der Waals surface area (Å²) in [5.74, 6) is 0.110. The molecule has 1 saturated heterocycles. The number of benzene rings is 1. The first-order valence-electron chi connectivity index (χ1n) is 7.21. The zero-order chi connectivity index (χ0) is 15.1. The van der Waals surface area contributed by atoms with Crippen molar-refractivity contribution in [2.45, 2.75) is 13.0 Å². The van der Waals surface area contributed by atoms with Crippen LogP contribution in [-0.2, 0) is 16.1 Å². The van der Waals surface area contributed by atoms with Gasteiger partial charge in [0, 0.05) is 62.5 Å². The molecule has 0 radical (unpaired) electrons. The summed E-state index contributed by atoms with van der Waals surface area (Å²) in [7, 11) is 1.68. The second-order valence-electron chi connectivity index (χ2n) is 4.99. The highest BCUT2D eigenvalue weighted by Crippen LogP contribution is 2.28. The lowest BCUT2D eigenvalue weighted by molar-refractivity contribution is -0.120. The van der Waals surface area contributed by atoms with Crippen LogP contribution in [0.5, 0.6) is 0 Å². The lowest BCUT2D eigenvalue weighted by Crippen LogP contribution is -2.30. The Labute approximate surface area is 130 Å². The monoisotopic (exact) mass is 311 g/mol. The number of ether oxygens (including phenoxy) is 1. The van der Waals surface area contributed by atoms with Crippen LogP contribution in [0.1, 0.15) is 12.0 Å². The van der Waals surface area contributed by atoms with E-state index in [9.17, 15) is 4.79 Å². The van der Waals surface area contributed by atoms with Gasteiger partial charge in [-0.25, -0.2) is 0 Å². The van der Waals surface area contributed by atoms with Crippen LogP contribution >= 0.6 is 11.6 Å². The van der Waals surface area contributed by atoms with Gasteiger partial charge in [0.15, 0.2) is 0 Å². The van der Waals surface area contributed by atoms with Crippen LogP contribution < -0.4 is 15.5 Å². The average molecular weight is 312 g/mol. The largest absolute Gasteiger partial charge is 0.383 e. The third-order valence-electron chi connectivity index (χ3n) is 3.53. The summed E-state index contributed by atoms with van der Waals surface area (Å²) in [6.07, 6.45) is 0.517. The van der Waals surface area contributed by atoms with Crippen molar-refractivity contribution in [3.63, 3.8) is 0 Å². The van der Waals surface area contributed by atoms with Gasteiger partial charge >= 0.3 is 0 Å². The first-order chi connectivity index (χ1) is 10.2. The minimum Gasteiger partial charge on any atom is -0.383 e. The summed E-state index contributed by atoms with van der Waals surface area (Å²) >= 11 is 6.35. The van der Waals surface area contributed by atoms with Gasteiger partial charge in [-0.15, -0.1) is 0 Å². The molecule has 0 saturated carbocycles. The molecule has 1 aliphatic heterocycles. The van der Waals surface area contributed by atoms with Crippen molar-refractivity contribution in [1.29, 1.82) is 0 Å². The smallest absolute Gasteiger partial charge is 0.221 e. The number of hydrogen-bond acceptors (Lipinski definition) is 4. The highest BCUT2D eigenvalue weighted by atomic mass is 35.5. The molecule has 0 atom stereocenters. The van der Waals surface area contributed by atoms with E-state index in [4.69, 9.17) is 16.3 Å². The van der Waals surface area contributed by atoms with Crippen LogP contribution in [-0.4, -0.2) is 45.8 Å². The molecule has 2 N–H and O–H groups in total. The zero-order valence-electron chi connectivity index (χ0n) is 12.3. The third-order valence-corrected chi connectivity index (χ3v) is 3.89. The lowest BCUT2D eigenvalue weighted by atomic mass is 10.1. The van der Waals surface area contributed by atoms with Crippen LogP contribution in [0.15, 0.2) is 18.2 Å². The Morgan fingerprint density at radius 1 is 1.43 bits per heavy atom. The normalized spacial score (nSPS) is 15.7. The first kappa shape index (κ1) is 16.1. The molecule has 1 amide bonds. The highest BCUT2D eigenvalue weighted by Gasteiger charge is 2.17. The molecule has 6 heteroatoms. The first-order valence-corrected chi connectivity index (χ1v) is 7.59. The maximum absolute atomic E-state index is 11.5. The molecule has 1 aliphatic rings. The van der Waals surface area contributed by atoms with Crippen molar-refractivity contribution in [2.24, 2.45) is 0 Å². The predicted octanol–water partition coefficient (Wildman–Crippen LogP) is 1.40. The van der Waals surface area contributed by atoms with E-state index in [0.29, 0.717) is 26.1 Å². The summed E-state index contributed by atoms with van der Waals surface area (Å²) in [5, 5.41) is 6.97. The molecular formula is C15H22ClN3O2. The van der Waals surface area contributed by atoms with E-state index < -0.39 is 0 Å². The number of carbonyl (C=O) groups excluding carboxylic acids is 1. The molecule has 2 rings (SSSR count). The molecule has 0 aliphatic carbocycles. The minimum absolute atomic E-state index is 0.110. The second kappa shape index (κ2) is 8.22. The summed E-state index contributed by atoms with van der Waals surface area (Å²) in [5.41, 5.74) is 2.17. The Morgan fingerprint density at radius 2 is 2.29 bits per heavy atom. The van der Waals surface area contributed by atoms with Crippen molar-refractivity contribution in [3.8, 4) is 0 Å². The van der Waals surface area contributed by atoms with Crippen LogP contribution in [0.3, 0.4) is 0 Å². The van der Waals surface area contributed by atoms with Crippen molar-refractivity contribution in [1.82, 2.24) is 10.6 Å². The molecule has 1 heterocycles. The third kappa shape index (κ3) is 4.59. The van der Waals surface area contributed by atoms with Gasteiger partial charge in [0.1, 0.15) is 0 Å². The van der Waals surface area contributed by atoms with Gasteiger partial charge in [0.05, 0.1) is 6.61 Å². The molecule has 0 bridgehead atoms. The van der Waals surface area contributed by atoms with Crippen molar-refractivity contribution < 1.29 is 9.53 Å². The van der Waals surface area contributed by atoms with E-state index in [1.54, 1.807) is 7.11 Å². The number of methoxy groups -OCH3 is 1. The fourth-order valence-corrected chi connectivity index (χ4v) is 2.65. The second-order valence-corrected chi connectivity index (χ2v) is 5.40. The molecule has 5 nitrogen and oxygen atoms in total. The van der Waals surface area contributed by atoms with Gasteiger partial charge in [-0.1, -0.05) is 17.7 Å². The van der Waals surface area contributed by atoms with Crippen LogP contribution in [0.2, 0.25) is 5.02 Å². The van der Waals surface area contributed by atoms with Gasteiger partial charge in [0.2, 0.25) is 5.91 Å².